The van der Waals surface area contributed by atoms with Crippen molar-refractivity contribution >= 4 is 0 Å². The molecule has 0 bridgehead atoms. The summed E-state index contributed by atoms with van der Waals surface area (Å²) in [6, 6.07) is 5.01. The van der Waals surface area contributed by atoms with Crippen LogP contribution < -0.4 is 5.90 Å². The van der Waals surface area contributed by atoms with Crippen LogP contribution in [0.25, 0.3) is 0 Å². The molecule has 66 valence electrons. The molecule has 1 aromatic carbocycles. The van der Waals surface area contributed by atoms with Crippen molar-refractivity contribution < 1.29 is 9.23 Å². The van der Waals surface area contributed by atoms with Gasteiger partial charge in [0.25, 0.3) is 0 Å². The van der Waals surface area contributed by atoms with Crippen LogP contribution in [-0.4, -0.2) is 6.61 Å². The summed E-state index contributed by atoms with van der Waals surface area (Å²) in [5.74, 6) is 4.67. The van der Waals surface area contributed by atoms with Crippen molar-refractivity contribution in [3.63, 3.8) is 0 Å². The van der Waals surface area contributed by atoms with Gasteiger partial charge in [-0.3, -0.25) is 0 Å². The van der Waals surface area contributed by atoms with Gasteiger partial charge >= 0.3 is 0 Å². The fourth-order valence-electron chi connectivity index (χ4n) is 1.14. The van der Waals surface area contributed by atoms with Gasteiger partial charge in [-0.25, -0.2) is 10.3 Å². The molecule has 0 aliphatic carbocycles. The minimum Gasteiger partial charge on any atom is -0.304 e. The highest BCUT2D eigenvalue weighted by molar-refractivity contribution is 5.27. The molecule has 0 atom stereocenters. The van der Waals surface area contributed by atoms with E-state index in [0.29, 0.717) is 18.6 Å². The smallest absolute Gasteiger partial charge is 0.126 e. The van der Waals surface area contributed by atoms with Gasteiger partial charge in [0.2, 0.25) is 0 Å². The van der Waals surface area contributed by atoms with Gasteiger partial charge in [-0.05, 0) is 24.1 Å². The van der Waals surface area contributed by atoms with E-state index < -0.39 is 0 Å². The summed E-state index contributed by atoms with van der Waals surface area (Å²) in [6.07, 6.45) is 0.523. The first kappa shape index (κ1) is 9.16. The Morgan fingerprint density at radius 1 is 1.50 bits per heavy atom. The molecule has 1 rings (SSSR count). The molecule has 0 amide bonds. The zero-order chi connectivity index (χ0) is 8.97. The van der Waals surface area contributed by atoms with Crippen LogP contribution in [0, 0.1) is 12.7 Å². The lowest BCUT2D eigenvalue weighted by atomic mass is 10.1. The highest BCUT2D eigenvalue weighted by Gasteiger charge is 2.03. The van der Waals surface area contributed by atoms with E-state index in [2.05, 4.69) is 4.84 Å². The van der Waals surface area contributed by atoms with E-state index in [0.717, 1.165) is 5.56 Å². The fraction of sp³-hybridized carbons (Fsp3) is 0.333. The Morgan fingerprint density at radius 2 is 2.25 bits per heavy atom. The predicted molar refractivity (Wildman–Crippen MR) is 45.0 cm³/mol. The second kappa shape index (κ2) is 4.18. The van der Waals surface area contributed by atoms with E-state index in [4.69, 9.17) is 5.90 Å². The monoisotopic (exact) mass is 169 g/mol. The summed E-state index contributed by atoms with van der Waals surface area (Å²) in [6.45, 7) is 2.22. The Hall–Kier alpha value is -0.930. The second-order valence-electron chi connectivity index (χ2n) is 2.66. The molecule has 0 fully saturated rings. The summed E-state index contributed by atoms with van der Waals surface area (Å²) in [5, 5.41) is 0. The third kappa shape index (κ3) is 2.03. The molecule has 3 heteroatoms. The maximum absolute atomic E-state index is 13.1. The molecule has 0 aromatic heterocycles. The van der Waals surface area contributed by atoms with Gasteiger partial charge in [0.15, 0.2) is 0 Å². The number of benzene rings is 1. The number of hydrogen-bond donors (Lipinski definition) is 1. The van der Waals surface area contributed by atoms with Gasteiger partial charge in [0, 0.05) is 6.42 Å². The molecular formula is C9H12FNO. The Labute approximate surface area is 71.1 Å². The van der Waals surface area contributed by atoms with E-state index in [1.54, 1.807) is 6.07 Å². The lowest BCUT2D eigenvalue weighted by Crippen LogP contribution is -2.06. The zero-order valence-electron chi connectivity index (χ0n) is 7.01. The highest BCUT2D eigenvalue weighted by Crippen LogP contribution is 2.12. The molecule has 0 heterocycles. The Balaban J connectivity index is 2.81. The Kier molecular flexibility index (Phi) is 3.19. The van der Waals surface area contributed by atoms with E-state index in [9.17, 15) is 4.39 Å². The van der Waals surface area contributed by atoms with Gasteiger partial charge in [-0.2, -0.15) is 0 Å². The Bertz CT molecular complexity index is 242. The minimum atomic E-state index is -0.188. The average Bonchev–Trinajstić information content (AvgIpc) is 2.04. The van der Waals surface area contributed by atoms with Gasteiger partial charge < -0.3 is 4.84 Å². The third-order valence-corrected chi connectivity index (χ3v) is 1.82. The van der Waals surface area contributed by atoms with Crippen LogP contribution in [0.3, 0.4) is 0 Å². The van der Waals surface area contributed by atoms with Crippen LogP contribution in [-0.2, 0) is 11.3 Å². The molecular weight excluding hydrogens is 157 g/mol. The highest BCUT2D eigenvalue weighted by atomic mass is 19.1. The normalized spacial score (nSPS) is 10.2. The zero-order valence-corrected chi connectivity index (χ0v) is 7.01. The van der Waals surface area contributed by atoms with E-state index in [1.807, 2.05) is 13.0 Å². The van der Waals surface area contributed by atoms with E-state index in [-0.39, 0.29) is 5.82 Å². The number of rotatable bonds is 3. The maximum atomic E-state index is 13.1. The van der Waals surface area contributed by atoms with Crippen molar-refractivity contribution in [1.82, 2.24) is 0 Å². The lowest BCUT2D eigenvalue weighted by molar-refractivity contribution is 0.140. The maximum Gasteiger partial charge on any atom is 0.126 e. The SMILES string of the molecule is Cc1cccc(F)c1CCON. The summed E-state index contributed by atoms with van der Waals surface area (Å²) >= 11 is 0. The average molecular weight is 169 g/mol. The summed E-state index contributed by atoms with van der Waals surface area (Å²) in [7, 11) is 0. The molecule has 2 nitrogen and oxygen atoms in total. The van der Waals surface area contributed by atoms with Crippen molar-refractivity contribution in [2.24, 2.45) is 5.90 Å². The number of hydrogen-bond acceptors (Lipinski definition) is 2. The molecule has 0 saturated heterocycles. The number of nitrogens with two attached hydrogens (primary N) is 1. The van der Waals surface area contributed by atoms with Crippen molar-refractivity contribution in [3.8, 4) is 0 Å². The second-order valence-corrected chi connectivity index (χ2v) is 2.66. The lowest BCUT2D eigenvalue weighted by Gasteiger charge is -2.05. The third-order valence-electron chi connectivity index (χ3n) is 1.82. The molecule has 0 unspecified atom stereocenters. The van der Waals surface area contributed by atoms with Crippen molar-refractivity contribution in [2.75, 3.05) is 6.61 Å². The van der Waals surface area contributed by atoms with Crippen LogP contribution in [0.5, 0.6) is 0 Å². The van der Waals surface area contributed by atoms with Gasteiger partial charge in [0.1, 0.15) is 5.82 Å². The van der Waals surface area contributed by atoms with Gasteiger partial charge in [-0.1, -0.05) is 12.1 Å². The molecule has 0 spiro atoms. The first-order valence-electron chi connectivity index (χ1n) is 3.81. The van der Waals surface area contributed by atoms with Crippen molar-refractivity contribution in [2.45, 2.75) is 13.3 Å². The van der Waals surface area contributed by atoms with Crippen LogP contribution in [0.1, 0.15) is 11.1 Å². The molecule has 0 aliphatic heterocycles. The van der Waals surface area contributed by atoms with Crippen molar-refractivity contribution in [1.29, 1.82) is 0 Å². The molecule has 0 radical (unpaired) electrons. The molecule has 0 saturated carbocycles. The first-order chi connectivity index (χ1) is 5.75. The number of aryl methyl sites for hydroxylation is 1. The quantitative estimate of drug-likeness (QED) is 0.697. The van der Waals surface area contributed by atoms with Crippen LogP contribution in [0.4, 0.5) is 4.39 Å². The molecule has 2 N–H and O–H groups in total. The standard InChI is InChI=1S/C9H12FNO/c1-7-3-2-4-9(10)8(7)5-6-12-11/h2-4H,5-6,11H2,1H3. The fourth-order valence-corrected chi connectivity index (χ4v) is 1.14. The van der Waals surface area contributed by atoms with E-state index in [1.165, 1.54) is 6.07 Å². The topological polar surface area (TPSA) is 35.2 Å². The van der Waals surface area contributed by atoms with Crippen LogP contribution >= 0.6 is 0 Å². The largest absolute Gasteiger partial charge is 0.304 e. The minimum absolute atomic E-state index is 0.188. The van der Waals surface area contributed by atoms with Crippen LogP contribution in [0.2, 0.25) is 0 Å². The predicted octanol–water partition coefficient (Wildman–Crippen LogP) is 1.57. The summed E-state index contributed by atoms with van der Waals surface area (Å²) in [4.78, 5) is 4.39. The number of halogens is 1. The molecule has 12 heavy (non-hydrogen) atoms. The first-order valence-corrected chi connectivity index (χ1v) is 3.81. The summed E-state index contributed by atoms with van der Waals surface area (Å²) < 4.78 is 13.1. The summed E-state index contributed by atoms with van der Waals surface area (Å²) in [5.41, 5.74) is 1.62. The Morgan fingerprint density at radius 3 is 2.83 bits per heavy atom. The molecule has 0 aliphatic rings. The van der Waals surface area contributed by atoms with E-state index >= 15 is 0 Å². The van der Waals surface area contributed by atoms with Crippen LogP contribution in [0.15, 0.2) is 18.2 Å². The van der Waals surface area contributed by atoms with Crippen molar-refractivity contribution in [3.05, 3.63) is 35.1 Å². The van der Waals surface area contributed by atoms with Gasteiger partial charge in [0.05, 0.1) is 6.61 Å². The van der Waals surface area contributed by atoms with Gasteiger partial charge in [-0.15, -0.1) is 0 Å². The molecule has 1 aromatic rings.